The van der Waals surface area contributed by atoms with Crippen LogP contribution in [0.3, 0.4) is 0 Å². The number of aryl methyl sites for hydroxylation is 1. The number of halogens is 1. The molecule has 2 N–H and O–H groups in total. The number of amides is 1. The molecule has 6 heteroatoms. The van der Waals surface area contributed by atoms with Crippen LogP contribution >= 0.6 is 24.0 Å². The van der Waals surface area contributed by atoms with Crippen molar-refractivity contribution >= 4 is 35.8 Å². The Morgan fingerprint density at radius 3 is 2.28 bits per heavy atom. The zero-order valence-electron chi connectivity index (χ0n) is 17.8. The number of hydrogen-bond acceptors (Lipinski definition) is 2. The van der Waals surface area contributed by atoms with E-state index in [-0.39, 0.29) is 29.9 Å². The van der Waals surface area contributed by atoms with Crippen molar-refractivity contribution < 1.29 is 4.79 Å². The molecule has 1 amide bonds. The van der Waals surface area contributed by atoms with Crippen molar-refractivity contribution in [1.29, 1.82) is 0 Å². The molecule has 1 unspecified atom stereocenters. The third kappa shape index (κ3) is 8.85. The topological polar surface area (TPSA) is 56.7 Å². The van der Waals surface area contributed by atoms with Gasteiger partial charge in [-0.25, -0.2) is 4.99 Å². The van der Waals surface area contributed by atoms with E-state index < -0.39 is 0 Å². The van der Waals surface area contributed by atoms with Crippen LogP contribution in [-0.2, 0) is 13.0 Å². The Balaban J connectivity index is 0.00000420. The van der Waals surface area contributed by atoms with Crippen LogP contribution in [0.15, 0.2) is 59.6 Å². The SMILES string of the molecule is CCNC(=NCc1ccc(C(=O)N(C)C)cc1)NC(C)CCc1ccccc1.I. The maximum Gasteiger partial charge on any atom is 0.253 e. The first-order chi connectivity index (χ1) is 13.5. The van der Waals surface area contributed by atoms with E-state index in [1.54, 1.807) is 19.0 Å². The lowest BCUT2D eigenvalue weighted by Crippen LogP contribution is -2.42. The fourth-order valence-corrected chi connectivity index (χ4v) is 2.83. The second kappa shape index (κ2) is 13.2. The van der Waals surface area contributed by atoms with Gasteiger partial charge in [0.25, 0.3) is 5.91 Å². The molecule has 158 valence electrons. The van der Waals surface area contributed by atoms with Gasteiger partial charge >= 0.3 is 0 Å². The lowest BCUT2D eigenvalue weighted by Gasteiger charge is -2.18. The fourth-order valence-electron chi connectivity index (χ4n) is 2.83. The Labute approximate surface area is 192 Å². The highest BCUT2D eigenvalue weighted by atomic mass is 127. The maximum absolute atomic E-state index is 12.0. The Bertz CT molecular complexity index is 760. The highest BCUT2D eigenvalue weighted by molar-refractivity contribution is 14.0. The number of hydrogen-bond donors (Lipinski definition) is 2. The van der Waals surface area contributed by atoms with E-state index in [0.29, 0.717) is 18.2 Å². The molecule has 0 bridgehead atoms. The molecule has 0 saturated heterocycles. The van der Waals surface area contributed by atoms with E-state index in [1.807, 2.05) is 30.3 Å². The highest BCUT2D eigenvalue weighted by Crippen LogP contribution is 2.08. The monoisotopic (exact) mass is 508 g/mol. The standard InChI is InChI=1S/C23H32N4O.HI/c1-5-24-23(26-18(2)11-12-19-9-7-6-8-10-19)25-17-20-13-15-21(16-14-20)22(28)27(3)4;/h6-10,13-16,18H,5,11-12,17H2,1-4H3,(H2,24,25,26);1H. The smallest absolute Gasteiger partial charge is 0.253 e. The maximum atomic E-state index is 12.0. The van der Waals surface area contributed by atoms with E-state index in [1.165, 1.54) is 5.56 Å². The summed E-state index contributed by atoms with van der Waals surface area (Å²) in [6.45, 7) is 5.62. The van der Waals surface area contributed by atoms with Crippen LogP contribution in [0.2, 0.25) is 0 Å². The molecule has 0 heterocycles. The molecular formula is C23H33IN4O. The number of nitrogens with zero attached hydrogens (tertiary/aromatic N) is 2. The first-order valence-electron chi connectivity index (χ1n) is 9.89. The number of benzene rings is 2. The average molecular weight is 508 g/mol. The lowest BCUT2D eigenvalue weighted by atomic mass is 10.1. The number of rotatable bonds is 8. The Hall–Kier alpha value is -2.09. The minimum absolute atomic E-state index is 0. The van der Waals surface area contributed by atoms with E-state index in [0.717, 1.165) is 30.9 Å². The van der Waals surface area contributed by atoms with Crippen molar-refractivity contribution in [2.75, 3.05) is 20.6 Å². The van der Waals surface area contributed by atoms with Gasteiger partial charge in [-0.15, -0.1) is 24.0 Å². The third-order valence-electron chi connectivity index (χ3n) is 4.46. The molecule has 0 spiro atoms. The molecule has 29 heavy (non-hydrogen) atoms. The van der Waals surface area contributed by atoms with Gasteiger partial charge in [0, 0.05) is 32.2 Å². The second-order valence-corrected chi connectivity index (χ2v) is 7.16. The van der Waals surface area contributed by atoms with Gasteiger partial charge < -0.3 is 15.5 Å². The van der Waals surface area contributed by atoms with E-state index in [4.69, 9.17) is 0 Å². The summed E-state index contributed by atoms with van der Waals surface area (Å²) in [5.74, 6) is 0.828. The van der Waals surface area contributed by atoms with Crippen LogP contribution in [0.1, 0.15) is 41.8 Å². The molecule has 0 radical (unpaired) electrons. The summed E-state index contributed by atoms with van der Waals surface area (Å²) >= 11 is 0. The van der Waals surface area contributed by atoms with Gasteiger partial charge in [0.2, 0.25) is 0 Å². The molecule has 5 nitrogen and oxygen atoms in total. The average Bonchev–Trinajstić information content (AvgIpc) is 2.71. The third-order valence-corrected chi connectivity index (χ3v) is 4.46. The summed E-state index contributed by atoms with van der Waals surface area (Å²) in [6, 6.07) is 18.5. The molecule has 2 rings (SSSR count). The molecule has 0 aliphatic rings. The van der Waals surface area contributed by atoms with Gasteiger partial charge in [0.05, 0.1) is 6.54 Å². The molecule has 1 atom stereocenters. The van der Waals surface area contributed by atoms with Crippen molar-refractivity contribution in [3.8, 4) is 0 Å². The molecular weight excluding hydrogens is 475 g/mol. The van der Waals surface area contributed by atoms with E-state index >= 15 is 0 Å². The molecule has 2 aromatic carbocycles. The normalized spacial score (nSPS) is 11.9. The Morgan fingerprint density at radius 2 is 1.69 bits per heavy atom. The number of aliphatic imine (C=N–C) groups is 1. The summed E-state index contributed by atoms with van der Waals surface area (Å²) in [7, 11) is 3.52. The predicted octanol–water partition coefficient (Wildman–Crippen LogP) is 4.08. The molecule has 0 aliphatic carbocycles. The first kappa shape index (κ1) is 24.9. The van der Waals surface area contributed by atoms with Crippen molar-refractivity contribution in [2.24, 2.45) is 4.99 Å². The van der Waals surface area contributed by atoms with Gasteiger partial charge in [-0.3, -0.25) is 4.79 Å². The molecule has 0 fully saturated rings. The van der Waals surface area contributed by atoms with E-state index in [9.17, 15) is 4.79 Å². The number of guanidine groups is 1. The van der Waals surface area contributed by atoms with Gasteiger partial charge in [-0.05, 0) is 49.9 Å². The number of carbonyl (C=O) groups excluding carboxylic acids is 1. The molecule has 0 saturated carbocycles. The predicted molar refractivity (Wildman–Crippen MR) is 132 cm³/mol. The Morgan fingerprint density at radius 1 is 1.03 bits per heavy atom. The van der Waals surface area contributed by atoms with Gasteiger partial charge in [-0.2, -0.15) is 0 Å². The zero-order valence-corrected chi connectivity index (χ0v) is 20.1. The highest BCUT2D eigenvalue weighted by Gasteiger charge is 2.08. The number of carbonyl (C=O) groups is 1. The minimum atomic E-state index is 0. The summed E-state index contributed by atoms with van der Waals surface area (Å²) in [4.78, 5) is 18.2. The zero-order chi connectivity index (χ0) is 20.4. The quantitative estimate of drug-likeness (QED) is 0.321. The van der Waals surface area contributed by atoms with Gasteiger partial charge in [-0.1, -0.05) is 42.5 Å². The van der Waals surface area contributed by atoms with Gasteiger partial charge in [0.15, 0.2) is 5.96 Å². The van der Waals surface area contributed by atoms with Gasteiger partial charge in [0.1, 0.15) is 0 Å². The van der Waals surface area contributed by atoms with E-state index in [2.05, 4.69) is 53.7 Å². The van der Waals surface area contributed by atoms with Crippen LogP contribution in [-0.4, -0.2) is 43.4 Å². The molecule has 0 aliphatic heterocycles. The summed E-state index contributed by atoms with van der Waals surface area (Å²) < 4.78 is 0. The van der Waals surface area contributed by atoms with Crippen LogP contribution in [0.5, 0.6) is 0 Å². The molecule has 2 aromatic rings. The van der Waals surface area contributed by atoms with Crippen molar-refractivity contribution in [3.05, 3.63) is 71.3 Å². The summed E-state index contributed by atoms with van der Waals surface area (Å²) in [5, 5.41) is 6.79. The minimum Gasteiger partial charge on any atom is -0.357 e. The van der Waals surface area contributed by atoms with Crippen molar-refractivity contribution in [3.63, 3.8) is 0 Å². The largest absolute Gasteiger partial charge is 0.357 e. The molecule has 0 aromatic heterocycles. The Kier molecular flexibility index (Phi) is 11.3. The van der Waals surface area contributed by atoms with Crippen LogP contribution in [0, 0.1) is 0 Å². The fraction of sp³-hybridized carbons (Fsp3) is 0.391. The summed E-state index contributed by atoms with van der Waals surface area (Å²) in [5.41, 5.74) is 3.12. The van der Waals surface area contributed by atoms with Crippen molar-refractivity contribution in [1.82, 2.24) is 15.5 Å². The van der Waals surface area contributed by atoms with Crippen LogP contribution in [0.25, 0.3) is 0 Å². The lowest BCUT2D eigenvalue weighted by molar-refractivity contribution is 0.0827. The second-order valence-electron chi connectivity index (χ2n) is 7.16. The first-order valence-corrected chi connectivity index (χ1v) is 9.89. The summed E-state index contributed by atoms with van der Waals surface area (Å²) in [6.07, 6.45) is 2.07. The van der Waals surface area contributed by atoms with Crippen molar-refractivity contribution in [2.45, 2.75) is 39.3 Å². The van der Waals surface area contributed by atoms with Crippen LogP contribution in [0.4, 0.5) is 0 Å². The number of nitrogens with one attached hydrogen (secondary N) is 2. The van der Waals surface area contributed by atoms with Crippen LogP contribution < -0.4 is 10.6 Å².